The number of nitrogens with one attached hydrogen (secondary N) is 1. The van der Waals surface area contributed by atoms with E-state index >= 15 is 0 Å². The summed E-state index contributed by atoms with van der Waals surface area (Å²) in [6, 6.07) is 9.11. The Hall–Kier alpha value is -0.860. The molecule has 1 aromatic rings. The fraction of sp³-hybridized carbons (Fsp3) is 0.625. The SMILES string of the molecule is CCCc1ccc(C2(C(C)(C)NC)COC2)cc1. The van der Waals surface area contributed by atoms with Crippen molar-refractivity contribution in [2.45, 2.75) is 44.6 Å². The van der Waals surface area contributed by atoms with Crippen molar-refractivity contribution in [1.82, 2.24) is 5.32 Å². The van der Waals surface area contributed by atoms with Gasteiger partial charge in [0, 0.05) is 5.54 Å². The molecule has 0 saturated carbocycles. The van der Waals surface area contributed by atoms with Gasteiger partial charge in [-0.1, -0.05) is 37.6 Å². The van der Waals surface area contributed by atoms with Crippen LogP contribution in [0.4, 0.5) is 0 Å². The standard InChI is InChI=1S/C16H25NO/c1-5-6-13-7-9-14(10-8-13)16(11-18-12-16)15(2,3)17-4/h7-10,17H,5-6,11-12H2,1-4H3. The quantitative estimate of drug-likeness (QED) is 0.864. The summed E-state index contributed by atoms with van der Waals surface area (Å²) < 4.78 is 5.52. The molecule has 0 aliphatic carbocycles. The van der Waals surface area contributed by atoms with Crippen LogP contribution in [0.1, 0.15) is 38.3 Å². The summed E-state index contributed by atoms with van der Waals surface area (Å²) in [4.78, 5) is 0. The van der Waals surface area contributed by atoms with Crippen molar-refractivity contribution < 1.29 is 4.74 Å². The first kappa shape index (κ1) is 13.6. The Morgan fingerprint density at radius 1 is 1.22 bits per heavy atom. The van der Waals surface area contributed by atoms with Crippen molar-refractivity contribution in [1.29, 1.82) is 0 Å². The second-order valence-electron chi connectivity index (χ2n) is 5.90. The van der Waals surface area contributed by atoms with Gasteiger partial charge < -0.3 is 10.1 Å². The van der Waals surface area contributed by atoms with Gasteiger partial charge >= 0.3 is 0 Å². The number of aryl methyl sites for hydroxylation is 1. The number of hydrogen-bond acceptors (Lipinski definition) is 2. The van der Waals surface area contributed by atoms with Crippen LogP contribution < -0.4 is 5.32 Å². The summed E-state index contributed by atoms with van der Waals surface area (Å²) in [5.41, 5.74) is 3.00. The van der Waals surface area contributed by atoms with E-state index in [9.17, 15) is 0 Å². The normalized spacial score (nSPS) is 18.4. The van der Waals surface area contributed by atoms with E-state index in [1.165, 1.54) is 24.0 Å². The first-order valence-corrected chi connectivity index (χ1v) is 6.92. The number of hydrogen-bond donors (Lipinski definition) is 1. The maximum absolute atomic E-state index is 5.52. The maximum Gasteiger partial charge on any atom is 0.0603 e. The van der Waals surface area contributed by atoms with Gasteiger partial charge in [-0.25, -0.2) is 0 Å². The summed E-state index contributed by atoms with van der Waals surface area (Å²) in [6.07, 6.45) is 2.37. The van der Waals surface area contributed by atoms with Gasteiger partial charge in [-0.2, -0.15) is 0 Å². The molecule has 2 heteroatoms. The summed E-state index contributed by atoms with van der Waals surface area (Å²) in [7, 11) is 2.03. The van der Waals surface area contributed by atoms with Crippen LogP contribution in [0.5, 0.6) is 0 Å². The molecule has 1 fully saturated rings. The second kappa shape index (κ2) is 5.02. The average Bonchev–Trinajstić information content (AvgIpc) is 2.30. The third-order valence-electron chi connectivity index (χ3n) is 4.56. The molecule has 2 nitrogen and oxygen atoms in total. The zero-order chi connectivity index (χ0) is 13.2. The highest BCUT2D eigenvalue weighted by atomic mass is 16.5. The van der Waals surface area contributed by atoms with E-state index in [1.807, 2.05) is 7.05 Å². The van der Waals surface area contributed by atoms with Gasteiger partial charge in [-0.05, 0) is 38.4 Å². The summed E-state index contributed by atoms with van der Waals surface area (Å²) in [5.74, 6) is 0. The van der Waals surface area contributed by atoms with Crippen molar-refractivity contribution in [3.63, 3.8) is 0 Å². The summed E-state index contributed by atoms with van der Waals surface area (Å²) in [6.45, 7) is 8.37. The molecule has 0 atom stereocenters. The van der Waals surface area contributed by atoms with Crippen LogP contribution in [0.25, 0.3) is 0 Å². The Bertz CT molecular complexity index is 390. The molecule has 0 aromatic heterocycles. The van der Waals surface area contributed by atoms with E-state index in [2.05, 4.69) is 50.4 Å². The molecule has 1 saturated heterocycles. The average molecular weight is 247 g/mol. The van der Waals surface area contributed by atoms with Crippen LogP contribution in [-0.4, -0.2) is 25.8 Å². The number of rotatable bonds is 5. The molecular formula is C16H25NO. The van der Waals surface area contributed by atoms with Crippen molar-refractivity contribution >= 4 is 0 Å². The fourth-order valence-electron chi connectivity index (χ4n) is 2.71. The highest BCUT2D eigenvalue weighted by Gasteiger charge is 2.51. The van der Waals surface area contributed by atoms with Crippen LogP contribution >= 0.6 is 0 Å². The van der Waals surface area contributed by atoms with Gasteiger partial charge in [0.2, 0.25) is 0 Å². The van der Waals surface area contributed by atoms with Crippen molar-refractivity contribution in [2.24, 2.45) is 0 Å². The molecule has 1 aromatic carbocycles. The molecule has 0 radical (unpaired) electrons. The molecule has 1 heterocycles. The van der Waals surface area contributed by atoms with E-state index in [0.717, 1.165) is 13.2 Å². The lowest BCUT2D eigenvalue weighted by Gasteiger charge is -2.52. The Balaban J connectivity index is 2.28. The molecule has 0 unspecified atom stereocenters. The highest BCUT2D eigenvalue weighted by Crippen LogP contribution is 2.41. The van der Waals surface area contributed by atoms with E-state index < -0.39 is 0 Å². The Kier molecular flexibility index (Phi) is 3.79. The fourth-order valence-corrected chi connectivity index (χ4v) is 2.71. The Labute approximate surface area is 111 Å². The zero-order valence-corrected chi connectivity index (χ0v) is 12.0. The highest BCUT2D eigenvalue weighted by molar-refractivity contribution is 5.35. The number of benzene rings is 1. The van der Waals surface area contributed by atoms with Gasteiger partial charge in [0.15, 0.2) is 0 Å². The van der Waals surface area contributed by atoms with Crippen molar-refractivity contribution in [3.8, 4) is 0 Å². The minimum atomic E-state index is 0.0531. The molecule has 2 rings (SSSR count). The van der Waals surface area contributed by atoms with Gasteiger partial charge in [-0.3, -0.25) is 0 Å². The van der Waals surface area contributed by atoms with Crippen LogP contribution in [0.2, 0.25) is 0 Å². The molecule has 18 heavy (non-hydrogen) atoms. The molecule has 0 bridgehead atoms. The topological polar surface area (TPSA) is 21.3 Å². The minimum absolute atomic E-state index is 0.0531. The van der Waals surface area contributed by atoms with Crippen LogP contribution in [-0.2, 0) is 16.6 Å². The number of ether oxygens (including phenoxy) is 1. The van der Waals surface area contributed by atoms with E-state index in [0.29, 0.717) is 0 Å². The molecular weight excluding hydrogens is 222 g/mol. The molecule has 1 aliphatic heterocycles. The largest absolute Gasteiger partial charge is 0.379 e. The smallest absolute Gasteiger partial charge is 0.0603 e. The van der Waals surface area contributed by atoms with E-state index in [1.54, 1.807) is 0 Å². The predicted molar refractivity (Wildman–Crippen MR) is 76.1 cm³/mol. The molecule has 0 amide bonds. The van der Waals surface area contributed by atoms with Crippen LogP contribution in [0.3, 0.4) is 0 Å². The first-order valence-electron chi connectivity index (χ1n) is 6.92. The molecule has 100 valence electrons. The first-order chi connectivity index (χ1) is 8.55. The zero-order valence-electron chi connectivity index (χ0n) is 12.0. The third kappa shape index (κ3) is 2.08. The van der Waals surface area contributed by atoms with Crippen molar-refractivity contribution in [3.05, 3.63) is 35.4 Å². The van der Waals surface area contributed by atoms with Gasteiger partial charge in [0.25, 0.3) is 0 Å². The van der Waals surface area contributed by atoms with Crippen LogP contribution in [0.15, 0.2) is 24.3 Å². The Morgan fingerprint density at radius 3 is 2.22 bits per heavy atom. The number of likely N-dealkylation sites (N-methyl/N-ethyl adjacent to an activating group) is 1. The lowest BCUT2D eigenvalue weighted by atomic mass is 9.65. The van der Waals surface area contributed by atoms with Gasteiger partial charge in [-0.15, -0.1) is 0 Å². The maximum atomic E-state index is 5.52. The Morgan fingerprint density at radius 2 is 1.83 bits per heavy atom. The summed E-state index contributed by atoms with van der Waals surface area (Å²) >= 11 is 0. The monoisotopic (exact) mass is 247 g/mol. The van der Waals surface area contributed by atoms with Crippen molar-refractivity contribution in [2.75, 3.05) is 20.3 Å². The predicted octanol–water partition coefficient (Wildman–Crippen LogP) is 2.91. The molecule has 0 spiro atoms. The van der Waals surface area contributed by atoms with E-state index in [-0.39, 0.29) is 11.0 Å². The molecule has 1 N–H and O–H groups in total. The van der Waals surface area contributed by atoms with Gasteiger partial charge in [0.1, 0.15) is 0 Å². The minimum Gasteiger partial charge on any atom is -0.379 e. The molecule has 1 aliphatic rings. The lowest BCUT2D eigenvalue weighted by Crippen LogP contribution is -2.65. The van der Waals surface area contributed by atoms with Gasteiger partial charge in [0.05, 0.1) is 18.6 Å². The van der Waals surface area contributed by atoms with Crippen LogP contribution in [0, 0.1) is 0 Å². The lowest BCUT2D eigenvalue weighted by molar-refractivity contribution is -0.0991. The van der Waals surface area contributed by atoms with E-state index in [4.69, 9.17) is 4.74 Å². The second-order valence-corrected chi connectivity index (χ2v) is 5.90. The third-order valence-corrected chi connectivity index (χ3v) is 4.56. The summed E-state index contributed by atoms with van der Waals surface area (Å²) in [5, 5.41) is 3.44.